The fraction of sp³-hybridized carbons (Fsp3) is 0.333. The van der Waals surface area contributed by atoms with Crippen molar-refractivity contribution in [3.63, 3.8) is 0 Å². The summed E-state index contributed by atoms with van der Waals surface area (Å²) in [6.45, 7) is 0.508. The van der Waals surface area contributed by atoms with Gasteiger partial charge in [-0.15, -0.1) is 0 Å². The van der Waals surface area contributed by atoms with Gasteiger partial charge in [0.2, 0.25) is 0 Å². The molecule has 0 aliphatic rings. The van der Waals surface area contributed by atoms with Crippen LogP contribution in [-0.2, 0) is 13.5 Å². The molecule has 2 aromatic rings. The number of rotatable bonds is 6. The number of benzene rings is 1. The third-order valence-corrected chi connectivity index (χ3v) is 3.10. The van der Waals surface area contributed by atoms with Gasteiger partial charge in [-0.25, -0.2) is 4.79 Å². The molecule has 0 aliphatic heterocycles. The van der Waals surface area contributed by atoms with Crippen LogP contribution in [0.15, 0.2) is 30.5 Å². The van der Waals surface area contributed by atoms with Crippen molar-refractivity contribution in [2.75, 3.05) is 26.1 Å². The molecule has 118 valence electrons. The minimum atomic E-state index is -0.279. The fourth-order valence-corrected chi connectivity index (χ4v) is 2.00. The number of nitrogens with zero attached hydrogens (tertiary/aromatic N) is 2. The number of nitrogens with one attached hydrogen (secondary N) is 2. The predicted molar refractivity (Wildman–Crippen MR) is 83.5 cm³/mol. The lowest BCUT2D eigenvalue weighted by molar-refractivity contribution is 0.252. The van der Waals surface area contributed by atoms with E-state index in [2.05, 4.69) is 15.7 Å². The summed E-state index contributed by atoms with van der Waals surface area (Å²) in [5, 5.41) is 9.52. The molecule has 0 atom stereocenters. The number of carbonyl (C=O) groups is 1. The van der Waals surface area contributed by atoms with Crippen molar-refractivity contribution in [2.24, 2.45) is 7.05 Å². The second-order valence-electron chi connectivity index (χ2n) is 4.69. The summed E-state index contributed by atoms with van der Waals surface area (Å²) in [6.07, 6.45) is 2.45. The molecule has 0 radical (unpaired) electrons. The fourth-order valence-electron chi connectivity index (χ4n) is 2.00. The van der Waals surface area contributed by atoms with E-state index < -0.39 is 0 Å². The number of amides is 2. The summed E-state index contributed by atoms with van der Waals surface area (Å²) >= 11 is 0. The van der Waals surface area contributed by atoms with Crippen LogP contribution in [0.5, 0.6) is 11.5 Å². The van der Waals surface area contributed by atoms with Crippen molar-refractivity contribution in [1.82, 2.24) is 15.1 Å². The predicted octanol–water partition coefficient (Wildman–Crippen LogP) is 1.80. The van der Waals surface area contributed by atoms with Gasteiger partial charge in [-0.3, -0.25) is 10.00 Å². The van der Waals surface area contributed by atoms with Crippen molar-refractivity contribution in [3.8, 4) is 11.5 Å². The highest BCUT2D eigenvalue weighted by Crippen LogP contribution is 2.27. The smallest absolute Gasteiger partial charge is 0.320 e. The van der Waals surface area contributed by atoms with Crippen molar-refractivity contribution < 1.29 is 14.3 Å². The lowest BCUT2D eigenvalue weighted by atomic mass is 10.1. The molecule has 7 nitrogen and oxygen atoms in total. The number of ether oxygens (including phenoxy) is 2. The third-order valence-electron chi connectivity index (χ3n) is 3.10. The maximum atomic E-state index is 11.7. The van der Waals surface area contributed by atoms with Crippen LogP contribution in [0.3, 0.4) is 0 Å². The van der Waals surface area contributed by atoms with E-state index in [4.69, 9.17) is 9.47 Å². The number of hydrogen-bond acceptors (Lipinski definition) is 4. The molecule has 0 saturated carbocycles. The second-order valence-corrected chi connectivity index (χ2v) is 4.69. The molecule has 0 aliphatic carbocycles. The van der Waals surface area contributed by atoms with Gasteiger partial charge in [-0.2, -0.15) is 5.10 Å². The lowest BCUT2D eigenvalue weighted by Crippen LogP contribution is -2.30. The Morgan fingerprint density at radius 3 is 2.64 bits per heavy atom. The van der Waals surface area contributed by atoms with Crippen molar-refractivity contribution in [3.05, 3.63) is 36.0 Å². The molecule has 0 unspecified atom stereocenters. The van der Waals surface area contributed by atoms with Crippen LogP contribution in [-0.4, -0.2) is 36.6 Å². The van der Waals surface area contributed by atoms with E-state index in [1.807, 2.05) is 18.2 Å². The summed E-state index contributed by atoms with van der Waals surface area (Å²) in [5.41, 5.74) is 1.05. The third kappa shape index (κ3) is 4.15. The number of carbonyl (C=O) groups excluding carboxylic acids is 1. The average molecular weight is 304 g/mol. The van der Waals surface area contributed by atoms with Gasteiger partial charge in [0.15, 0.2) is 17.3 Å². The van der Waals surface area contributed by atoms with Gasteiger partial charge in [0.25, 0.3) is 0 Å². The standard InChI is InChI=1S/C15H20N4O3/c1-19-9-7-14(18-19)17-15(20)16-8-6-11-4-5-12(21-2)13(10-11)22-3/h4-5,7,9-10H,6,8H2,1-3H3,(H2,16,17,18,20). The normalized spacial score (nSPS) is 10.1. The van der Waals surface area contributed by atoms with Gasteiger partial charge in [0.05, 0.1) is 14.2 Å². The zero-order valence-electron chi connectivity index (χ0n) is 12.9. The SMILES string of the molecule is COc1ccc(CCNC(=O)Nc2ccn(C)n2)cc1OC. The number of anilines is 1. The van der Waals surface area contributed by atoms with E-state index in [1.54, 1.807) is 38.2 Å². The lowest BCUT2D eigenvalue weighted by Gasteiger charge is -2.10. The summed E-state index contributed by atoms with van der Waals surface area (Å²) < 4.78 is 12.1. The first-order chi connectivity index (χ1) is 10.6. The van der Waals surface area contributed by atoms with Gasteiger partial charge < -0.3 is 14.8 Å². The van der Waals surface area contributed by atoms with E-state index in [1.165, 1.54) is 0 Å². The monoisotopic (exact) mass is 304 g/mol. The Morgan fingerprint density at radius 2 is 2.00 bits per heavy atom. The number of urea groups is 1. The van der Waals surface area contributed by atoms with E-state index in [9.17, 15) is 4.79 Å². The zero-order chi connectivity index (χ0) is 15.9. The molecule has 1 aromatic heterocycles. The Bertz CT molecular complexity index is 639. The molecule has 2 rings (SSSR count). The Balaban J connectivity index is 1.82. The Morgan fingerprint density at radius 1 is 1.23 bits per heavy atom. The Labute approximate surface area is 129 Å². The number of aryl methyl sites for hydroxylation is 1. The molecule has 0 fully saturated rings. The first-order valence-electron chi connectivity index (χ1n) is 6.88. The van der Waals surface area contributed by atoms with Crippen LogP contribution in [0.25, 0.3) is 0 Å². The molecule has 0 bridgehead atoms. The van der Waals surface area contributed by atoms with Gasteiger partial charge in [0, 0.05) is 25.9 Å². The minimum Gasteiger partial charge on any atom is -0.493 e. The first kappa shape index (κ1) is 15.7. The van der Waals surface area contributed by atoms with Crippen molar-refractivity contribution in [1.29, 1.82) is 0 Å². The Hall–Kier alpha value is -2.70. The van der Waals surface area contributed by atoms with Gasteiger partial charge in [0.1, 0.15) is 0 Å². The Kier molecular flexibility index (Phi) is 5.24. The van der Waals surface area contributed by atoms with Crippen LogP contribution in [0.1, 0.15) is 5.56 Å². The van der Waals surface area contributed by atoms with E-state index in [0.29, 0.717) is 30.3 Å². The van der Waals surface area contributed by atoms with Crippen LogP contribution >= 0.6 is 0 Å². The topological polar surface area (TPSA) is 77.4 Å². The largest absolute Gasteiger partial charge is 0.493 e. The van der Waals surface area contributed by atoms with Crippen molar-refractivity contribution >= 4 is 11.8 Å². The highest BCUT2D eigenvalue weighted by molar-refractivity contribution is 5.88. The highest BCUT2D eigenvalue weighted by atomic mass is 16.5. The van der Waals surface area contributed by atoms with Crippen LogP contribution in [0.2, 0.25) is 0 Å². The number of hydrogen-bond donors (Lipinski definition) is 2. The van der Waals surface area contributed by atoms with Gasteiger partial charge in [-0.1, -0.05) is 6.07 Å². The number of methoxy groups -OCH3 is 2. The highest BCUT2D eigenvalue weighted by Gasteiger charge is 2.06. The molecule has 2 N–H and O–H groups in total. The second kappa shape index (κ2) is 7.35. The van der Waals surface area contributed by atoms with Crippen molar-refractivity contribution in [2.45, 2.75) is 6.42 Å². The maximum Gasteiger partial charge on any atom is 0.320 e. The van der Waals surface area contributed by atoms with Crippen LogP contribution in [0.4, 0.5) is 10.6 Å². The molecule has 2 amide bonds. The van der Waals surface area contributed by atoms with Gasteiger partial charge in [-0.05, 0) is 24.1 Å². The first-order valence-corrected chi connectivity index (χ1v) is 6.88. The summed E-state index contributed by atoms with van der Waals surface area (Å²) in [6, 6.07) is 7.14. The summed E-state index contributed by atoms with van der Waals surface area (Å²) in [5.74, 6) is 1.89. The quantitative estimate of drug-likeness (QED) is 0.853. The van der Waals surface area contributed by atoms with Crippen LogP contribution < -0.4 is 20.1 Å². The molecule has 0 saturated heterocycles. The molecule has 22 heavy (non-hydrogen) atoms. The summed E-state index contributed by atoms with van der Waals surface area (Å²) in [7, 11) is 4.99. The van der Waals surface area contributed by atoms with Gasteiger partial charge >= 0.3 is 6.03 Å². The average Bonchev–Trinajstić information content (AvgIpc) is 2.92. The van der Waals surface area contributed by atoms with Crippen LogP contribution in [0, 0.1) is 0 Å². The number of aromatic nitrogens is 2. The molecule has 1 heterocycles. The molecule has 0 spiro atoms. The van der Waals surface area contributed by atoms with E-state index in [0.717, 1.165) is 5.56 Å². The maximum absolute atomic E-state index is 11.7. The minimum absolute atomic E-state index is 0.279. The molecular weight excluding hydrogens is 284 g/mol. The molecule has 7 heteroatoms. The zero-order valence-corrected chi connectivity index (χ0v) is 12.9. The molecule has 1 aromatic carbocycles. The van der Waals surface area contributed by atoms with E-state index >= 15 is 0 Å². The summed E-state index contributed by atoms with van der Waals surface area (Å²) in [4.78, 5) is 11.7. The van der Waals surface area contributed by atoms with E-state index in [-0.39, 0.29) is 6.03 Å². The molecular formula is C15H20N4O3.